The summed E-state index contributed by atoms with van der Waals surface area (Å²) in [5, 5.41) is 23.3. The standard InChI is InChI=1S/C20H22ClN7S/c1-13(11-28-15(3)18(21)14(2)25-28)19-23-24-20(29-19)22-17-9-10-27(26-17)12-16-7-5-4-6-8-16/h4-10,13H,11-12H2,1-3H3,(H,22,24,26). The van der Waals surface area contributed by atoms with Gasteiger partial charge in [0.15, 0.2) is 5.82 Å². The Balaban J connectivity index is 1.39. The van der Waals surface area contributed by atoms with Crippen molar-refractivity contribution in [1.82, 2.24) is 29.8 Å². The highest BCUT2D eigenvalue weighted by Gasteiger charge is 2.17. The molecule has 0 aliphatic rings. The summed E-state index contributed by atoms with van der Waals surface area (Å²) in [6.07, 6.45) is 1.95. The lowest BCUT2D eigenvalue weighted by atomic mass is 10.2. The van der Waals surface area contributed by atoms with Crippen molar-refractivity contribution in [3.63, 3.8) is 0 Å². The van der Waals surface area contributed by atoms with E-state index in [2.05, 4.69) is 44.8 Å². The van der Waals surface area contributed by atoms with Crippen LogP contribution in [0.5, 0.6) is 0 Å². The Morgan fingerprint density at radius 3 is 2.62 bits per heavy atom. The number of aromatic nitrogens is 6. The van der Waals surface area contributed by atoms with E-state index in [4.69, 9.17) is 11.6 Å². The predicted octanol–water partition coefficient (Wildman–Crippen LogP) is 4.80. The molecular formula is C20H22ClN7S. The molecule has 4 aromatic rings. The summed E-state index contributed by atoms with van der Waals surface area (Å²) in [5.74, 6) is 0.925. The molecule has 29 heavy (non-hydrogen) atoms. The zero-order chi connectivity index (χ0) is 20.4. The number of benzene rings is 1. The Hall–Kier alpha value is -2.71. The first kappa shape index (κ1) is 19.6. The molecule has 0 fully saturated rings. The van der Waals surface area contributed by atoms with E-state index in [1.165, 1.54) is 16.9 Å². The SMILES string of the molecule is Cc1nn(CC(C)c2nnc(Nc3ccn(Cc4ccccc4)n3)s2)c(C)c1Cl. The molecule has 0 saturated carbocycles. The maximum atomic E-state index is 6.25. The van der Waals surface area contributed by atoms with Gasteiger partial charge in [-0.3, -0.25) is 9.36 Å². The second-order valence-corrected chi connectivity index (χ2v) is 8.41. The van der Waals surface area contributed by atoms with Gasteiger partial charge in [-0.25, -0.2) is 0 Å². The van der Waals surface area contributed by atoms with Gasteiger partial charge in [0.1, 0.15) is 5.01 Å². The summed E-state index contributed by atoms with van der Waals surface area (Å²) >= 11 is 7.78. The molecule has 3 aromatic heterocycles. The molecule has 0 aliphatic carbocycles. The first-order valence-electron chi connectivity index (χ1n) is 9.37. The molecule has 0 saturated heterocycles. The third kappa shape index (κ3) is 4.49. The third-order valence-corrected chi connectivity index (χ3v) is 6.28. The van der Waals surface area contributed by atoms with Crippen LogP contribution in [-0.4, -0.2) is 29.8 Å². The van der Waals surface area contributed by atoms with Crippen LogP contribution >= 0.6 is 22.9 Å². The van der Waals surface area contributed by atoms with Gasteiger partial charge in [0, 0.05) is 18.2 Å². The van der Waals surface area contributed by atoms with Crippen molar-refractivity contribution in [2.45, 2.75) is 39.8 Å². The highest BCUT2D eigenvalue weighted by atomic mass is 35.5. The molecule has 0 aliphatic heterocycles. The second kappa shape index (κ2) is 8.34. The van der Waals surface area contributed by atoms with Crippen molar-refractivity contribution in [2.75, 3.05) is 5.32 Å². The minimum atomic E-state index is 0.174. The fourth-order valence-corrected chi connectivity index (χ4v) is 4.00. The number of hydrogen-bond acceptors (Lipinski definition) is 6. The molecule has 1 atom stereocenters. The number of nitrogens with zero attached hydrogens (tertiary/aromatic N) is 6. The van der Waals surface area contributed by atoms with Crippen LogP contribution in [0.3, 0.4) is 0 Å². The number of anilines is 2. The van der Waals surface area contributed by atoms with Gasteiger partial charge in [-0.2, -0.15) is 10.2 Å². The van der Waals surface area contributed by atoms with E-state index in [1.807, 2.05) is 53.7 Å². The van der Waals surface area contributed by atoms with Crippen LogP contribution in [0.15, 0.2) is 42.6 Å². The summed E-state index contributed by atoms with van der Waals surface area (Å²) in [7, 11) is 0. The Morgan fingerprint density at radius 2 is 1.90 bits per heavy atom. The van der Waals surface area contributed by atoms with Crippen molar-refractivity contribution in [3.05, 3.63) is 69.6 Å². The number of hydrogen-bond donors (Lipinski definition) is 1. The fraction of sp³-hybridized carbons (Fsp3) is 0.300. The van der Waals surface area contributed by atoms with Crippen molar-refractivity contribution in [1.29, 1.82) is 0 Å². The van der Waals surface area contributed by atoms with Crippen LogP contribution in [0.25, 0.3) is 0 Å². The van der Waals surface area contributed by atoms with E-state index in [1.54, 1.807) is 0 Å². The average Bonchev–Trinajstić information content (AvgIpc) is 3.41. The highest BCUT2D eigenvalue weighted by Crippen LogP contribution is 2.28. The quantitative estimate of drug-likeness (QED) is 0.458. The molecule has 150 valence electrons. The molecule has 0 spiro atoms. The maximum Gasteiger partial charge on any atom is 0.211 e. The summed E-state index contributed by atoms with van der Waals surface area (Å²) in [5.41, 5.74) is 3.03. The van der Waals surface area contributed by atoms with E-state index in [-0.39, 0.29) is 5.92 Å². The van der Waals surface area contributed by atoms with Crippen LogP contribution in [0.2, 0.25) is 5.02 Å². The molecule has 0 bridgehead atoms. The smallest absolute Gasteiger partial charge is 0.211 e. The van der Waals surface area contributed by atoms with Crippen molar-refractivity contribution in [3.8, 4) is 0 Å². The minimum absolute atomic E-state index is 0.174. The van der Waals surface area contributed by atoms with Crippen molar-refractivity contribution >= 4 is 33.9 Å². The van der Waals surface area contributed by atoms with Crippen LogP contribution in [-0.2, 0) is 13.1 Å². The van der Waals surface area contributed by atoms with E-state index >= 15 is 0 Å². The number of rotatable bonds is 7. The lowest BCUT2D eigenvalue weighted by Gasteiger charge is -2.09. The average molecular weight is 428 g/mol. The van der Waals surface area contributed by atoms with E-state index in [0.29, 0.717) is 6.54 Å². The van der Waals surface area contributed by atoms with Crippen LogP contribution < -0.4 is 5.32 Å². The normalized spacial score (nSPS) is 12.3. The molecule has 1 aromatic carbocycles. The van der Waals surface area contributed by atoms with Crippen LogP contribution in [0.1, 0.15) is 34.8 Å². The largest absolute Gasteiger partial charge is 0.313 e. The van der Waals surface area contributed by atoms with Gasteiger partial charge < -0.3 is 5.32 Å². The molecule has 9 heteroatoms. The topological polar surface area (TPSA) is 73.5 Å². The van der Waals surface area contributed by atoms with E-state index in [9.17, 15) is 0 Å². The fourth-order valence-electron chi connectivity index (χ4n) is 3.07. The van der Waals surface area contributed by atoms with Gasteiger partial charge in [-0.05, 0) is 19.4 Å². The number of aryl methyl sites for hydroxylation is 1. The molecule has 1 unspecified atom stereocenters. The Kier molecular flexibility index (Phi) is 5.64. The molecule has 7 nitrogen and oxygen atoms in total. The molecule has 3 heterocycles. The summed E-state index contributed by atoms with van der Waals surface area (Å²) < 4.78 is 3.83. The summed E-state index contributed by atoms with van der Waals surface area (Å²) in [6.45, 7) is 7.45. The minimum Gasteiger partial charge on any atom is -0.313 e. The monoisotopic (exact) mass is 427 g/mol. The number of nitrogens with one attached hydrogen (secondary N) is 1. The molecular weight excluding hydrogens is 406 g/mol. The molecule has 1 N–H and O–H groups in total. The maximum absolute atomic E-state index is 6.25. The molecule has 4 rings (SSSR count). The van der Waals surface area contributed by atoms with Gasteiger partial charge in [-0.1, -0.05) is 60.2 Å². The summed E-state index contributed by atoms with van der Waals surface area (Å²) in [6, 6.07) is 12.2. The predicted molar refractivity (Wildman–Crippen MR) is 116 cm³/mol. The van der Waals surface area contributed by atoms with E-state index in [0.717, 1.165) is 38.9 Å². The van der Waals surface area contributed by atoms with Crippen LogP contribution in [0, 0.1) is 13.8 Å². The van der Waals surface area contributed by atoms with Gasteiger partial charge >= 0.3 is 0 Å². The van der Waals surface area contributed by atoms with Gasteiger partial charge in [0.25, 0.3) is 0 Å². The highest BCUT2D eigenvalue weighted by molar-refractivity contribution is 7.15. The lowest BCUT2D eigenvalue weighted by molar-refractivity contribution is 0.525. The zero-order valence-electron chi connectivity index (χ0n) is 16.5. The Labute approximate surface area is 178 Å². The van der Waals surface area contributed by atoms with E-state index < -0.39 is 0 Å². The van der Waals surface area contributed by atoms with Crippen molar-refractivity contribution < 1.29 is 0 Å². The lowest BCUT2D eigenvalue weighted by Crippen LogP contribution is -2.09. The van der Waals surface area contributed by atoms with Gasteiger partial charge in [0.05, 0.1) is 29.5 Å². The zero-order valence-corrected chi connectivity index (χ0v) is 18.1. The Bertz CT molecular complexity index is 1100. The summed E-state index contributed by atoms with van der Waals surface area (Å²) in [4.78, 5) is 0. The molecule has 0 amide bonds. The second-order valence-electron chi connectivity index (χ2n) is 7.02. The first-order chi connectivity index (χ1) is 14.0. The Morgan fingerprint density at radius 1 is 1.10 bits per heavy atom. The third-order valence-electron chi connectivity index (χ3n) is 4.67. The molecule has 0 radical (unpaired) electrons. The van der Waals surface area contributed by atoms with Gasteiger partial charge in [0.2, 0.25) is 5.13 Å². The first-order valence-corrected chi connectivity index (χ1v) is 10.6. The van der Waals surface area contributed by atoms with Gasteiger partial charge in [-0.15, -0.1) is 10.2 Å². The van der Waals surface area contributed by atoms with Crippen molar-refractivity contribution in [2.24, 2.45) is 0 Å². The number of halogens is 1. The van der Waals surface area contributed by atoms with Crippen LogP contribution in [0.4, 0.5) is 10.9 Å².